The molecule has 4 fully saturated rings. The van der Waals surface area contributed by atoms with E-state index in [0.29, 0.717) is 0 Å². The van der Waals surface area contributed by atoms with Gasteiger partial charge in [-0.15, -0.1) is 0 Å². The SMILES string of the molecule is O=C([O-])[C@H]1C2CCC(CC2)[C@@H]1C(=O)N1CC[NH+](CCc2ccccc2)CC1. The minimum absolute atomic E-state index is 0.0840. The van der Waals surface area contributed by atoms with Crippen LogP contribution in [0.1, 0.15) is 31.2 Å². The van der Waals surface area contributed by atoms with Crippen molar-refractivity contribution in [2.75, 3.05) is 32.7 Å². The number of nitrogens with one attached hydrogen (secondary N) is 1. The van der Waals surface area contributed by atoms with Gasteiger partial charge in [0, 0.05) is 24.2 Å². The molecule has 0 spiro atoms. The minimum atomic E-state index is -1.00. The smallest absolute Gasteiger partial charge is 0.227 e. The molecule has 0 radical (unpaired) electrons. The van der Waals surface area contributed by atoms with Gasteiger partial charge in [0.15, 0.2) is 0 Å². The van der Waals surface area contributed by atoms with Crippen molar-refractivity contribution in [1.82, 2.24) is 4.90 Å². The van der Waals surface area contributed by atoms with Crippen LogP contribution in [0.3, 0.4) is 0 Å². The molecule has 3 aliphatic carbocycles. The van der Waals surface area contributed by atoms with E-state index in [1.54, 1.807) is 0 Å². The minimum Gasteiger partial charge on any atom is -0.550 e. The summed E-state index contributed by atoms with van der Waals surface area (Å²) in [4.78, 5) is 28.4. The fraction of sp³-hybridized carbons (Fsp3) is 0.636. The number of carbonyl (C=O) groups excluding carboxylic acids is 2. The van der Waals surface area contributed by atoms with Crippen molar-refractivity contribution in [3.63, 3.8) is 0 Å². The van der Waals surface area contributed by atoms with Gasteiger partial charge >= 0.3 is 0 Å². The predicted octanol–water partition coefficient (Wildman–Crippen LogP) is -0.241. The summed E-state index contributed by atoms with van der Waals surface area (Å²) in [6.07, 6.45) is 4.97. The molecular weight excluding hydrogens is 340 g/mol. The molecule has 5 rings (SSSR count). The van der Waals surface area contributed by atoms with Crippen LogP contribution in [-0.4, -0.2) is 49.5 Å². The number of fused-ring (bicyclic) bond motifs is 3. The van der Waals surface area contributed by atoms with Gasteiger partial charge < -0.3 is 19.7 Å². The first-order chi connectivity index (χ1) is 13.1. The van der Waals surface area contributed by atoms with Crippen LogP contribution in [0.2, 0.25) is 0 Å². The summed E-state index contributed by atoms with van der Waals surface area (Å²) >= 11 is 0. The zero-order chi connectivity index (χ0) is 18.8. The lowest BCUT2D eigenvalue weighted by Gasteiger charge is -2.49. The van der Waals surface area contributed by atoms with Crippen LogP contribution in [0.15, 0.2) is 30.3 Å². The summed E-state index contributed by atoms with van der Waals surface area (Å²) < 4.78 is 0. The van der Waals surface area contributed by atoms with Crippen LogP contribution in [0, 0.1) is 23.7 Å². The number of piperazine rings is 1. The number of hydrogen-bond donors (Lipinski definition) is 1. The van der Waals surface area contributed by atoms with Gasteiger partial charge in [-0.05, 0) is 43.1 Å². The summed E-state index contributed by atoms with van der Waals surface area (Å²) in [6.45, 7) is 4.49. The van der Waals surface area contributed by atoms with Crippen LogP contribution in [0.4, 0.5) is 0 Å². The molecule has 1 N–H and O–H groups in total. The molecule has 146 valence electrons. The fourth-order valence-corrected chi connectivity index (χ4v) is 5.61. The van der Waals surface area contributed by atoms with Crippen molar-refractivity contribution in [1.29, 1.82) is 0 Å². The highest BCUT2D eigenvalue weighted by Gasteiger charge is 2.49. The van der Waals surface area contributed by atoms with Crippen LogP contribution in [0.25, 0.3) is 0 Å². The van der Waals surface area contributed by atoms with E-state index in [1.807, 2.05) is 11.0 Å². The molecule has 3 saturated carbocycles. The third kappa shape index (κ3) is 3.88. The third-order valence-electron chi connectivity index (χ3n) is 7.17. The molecule has 0 aromatic heterocycles. The Morgan fingerprint density at radius 2 is 1.56 bits per heavy atom. The highest BCUT2D eigenvalue weighted by Crippen LogP contribution is 2.49. The summed E-state index contributed by atoms with van der Waals surface area (Å²) in [7, 11) is 0. The Bertz CT molecular complexity index is 661. The molecule has 4 aliphatic rings. The summed E-state index contributed by atoms with van der Waals surface area (Å²) in [5.41, 5.74) is 1.36. The second kappa shape index (κ2) is 8.01. The molecule has 1 aromatic rings. The van der Waals surface area contributed by atoms with Crippen molar-refractivity contribution in [3.05, 3.63) is 35.9 Å². The van der Waals surface area contributed by atoms with E-state index in [4.69, 9.17) is 0 Å². The lowest BCUT2D eigenvalue weighted by molar-refractivity contribution is -0.903. The molecule has 5 heteroatoms. The Hall–Kier alpha value is -1.88. The lowest BCUT2D eigenvalue weighted by atomic mass is 9.58. The number of benzene rings is 1. The predicted molar refractivity (Wildman–Crippen MR) is 99.7 cm³/mol. The topological polar surface area (TPSA) is 64.9 Å². The molecule has 1 aromatic carbocycles. The highest BCUT2D eigenvalue weighted by molar-refractivity contribution is 5.85. The van der Waals surface area contributed by atoms with E-state index < -0.39 is 11.9 Å². The van der Waals surface area contributed by atoms with E-state index in [2.05, 4.69) is 24.3 Å². The second-order valence-corrected chi connectivity index (χ2v) is 8.61. The van der Waals surface area contributed by atoms with Crippen molar-refractivity contribution >= 4 is 11.9 Å². The van der Waals surface area contributed by atoms with Gasteiger partial charge in [0.2, 0.25) is 5.91 Å². The molecule has 0 unspecified atom stereocenters. The number of hydrogen-bond acceptors (Lipinski definition) is 3. The Balaban J connectivity index is 1.32. The van der Waals surface area contributed by atoms with E-state index >= 15 is 0 Å². The molecule has 1 heterocycles. The quantitative estimate of drug-likeness (QED) is 0.778. The fourth-order valence-electron chi connectivity index (χ4n) is 5.61. The van der Waals surface area contributed by atoms with Gasteiger partial charge in [-0.1, -0.05) is 30.3 Å². The summed E-state index contributed by atoms with van der Waals surface area (Å²) in [5.74, 6) is -1.43. The average Bonchev–Trinajstić information content (AvgIpc) is 2.73. The Kier molecular flexibility index (Phi) is 5.48. The Labute approximate surface area is 161 Å². The Morgan fingerprint density at radius 3 is 2.15 bits per heavy atom. The average molecular weight is 370 g/mol. The zero-order valence-electron chi connectivity index (χ0n) is 15.9. The maximum absolute atomic E-state index is 13.2. The largest absolute Gasteiger partial charge is 0.550 e. The van der Waals surface area contributed by atoms with Gasteiger partial charge in [0.05, 0.1) is 32.7 Å². The van der Waals surface area contributed by atoms with E-state index in [0.717, 1.165) is 64.8 Å². The first kappa shape index (κ1) is 18.5. The Morgan fingerprint density at radius 1 is 0.963 bits per heavy atom. The normalized spacial score (nSPS) is 31.0. The van der Waals surface area contributed by atoms with Gasteiger partial charge in [0.1, 0.15) is 0 Å². The molecule has 27 heavy (non-hydrogen) atoms. The number of aliphatic carboxylic acids is 1. The molecule has 2 bridgehead atoms. The maximum atomic E-state index is 13.2. The number of nitrogens with zero attached hydrogens (tertiary/aromatic N) is 1. The van der Waals surface area contributed by atoms with Crippen LogP contribution < -0.4 is 10.0 Å². The first-order valence-corrected chi connectivity index (χ1v) is 10.5. The summed E-state index contributed by atoms with van der Waals surface area (Å²) in [5, 5.41) is 11.7. The van der Waals surface area contributed by atoms with Crippen molar-refractivity contribution in [3.8, 4) is 0 Å². The van der Waals surface area contributed by atoms with Crippen LogP contribution in [0.5, 0.6) is 0 Å². The van der Waals surface area contributed by atoms with Crippen molar-refractivity contribution < 1.29 is 19.6 Å². The van der Waals surface area contributed by atoms with E-state index in [-0.39, 0.29) is 23.7 Å². The number of carbonyl (C=O) groups is 2. The second-order valence-electron chi connectivity index (χ2n) is 8.61. The van der Waals surface area contributed by atoms with E-state index in [9.17, 15) is 14.7 Å². The number of carboxylic acid groups (broad SMARTS) is 1. The van der Waals surface area contributed by atoms with Crippen LogP contribution >= 0.6 is 0 Å². The molecule has 1 saturated heterocycles. The highest BCUT2D eigenvalue weighted by atomic mass is 16.4. The third-order valence-corrected chi connectivity index (χ3v) is 7.17. The number of quaternary nitrogens is 1. The molecular formula is C22H30N2O3. The molecule has 5 nitrogen and oxygen atoms in total. The van der Waals surface area contributed by atoms with Crippen molar-refractivity contribution in [2.45, 2.75) is 32.1 Å². The first-order valence-electron chi connectivity index (χ1n) is 10.5. The number of carboxylic acids is 1. The summed E-state index contributed by atoms with van der Waals surface area (Å²) in [6, 6.07) is 10.5. The number of amides is 1. The van der Waals surface area contributed by atoms with E-state index in [1.165, 1.54) is 10.5 Å². The van der Waals surface area contributed by atoms with Gasteiger partial charge in [-0.2, -0.15) is 0 Å². The van der Waals surface area contributed by atoms with Gasteiger partial charge in [-0.3, -0.25) is 4.79 Å². The maximum Gasteiger partial charge on any atom is 0.227 e. The van der Waals surface area contributed by atoms with Crippen LogP contribution in [-0.2, 0) is 16.0 Å². The van der Waals surface area contributed by atoms with Crippen molar-refractivity contribution in [2.24, 2.45) is 23.7 Å². The molecule has 2 atom stereocenters. The number of rotatable bonds is 5. The lowest BCUT2D eigenvalue weighted by Crippen LogP contribution is -3.15. The molecule has 1 amide bonds. The van der Waals surface area contributed by atoms with Gasteiger partial charge in [0.25, 0.3) is 0 Å². The van der Waals surface area contributed by atoms with Gasteiger partial charge in [-0.25, -0.2) is 0 Å². The monoisotopic (exact) mass is 370 g/mol. The zero-order valence-corrected chi connectivity index (χ0v) is 15.9. The standard InChI is InChI=1S/C22H30N2O3/c25-21(19-17-6-8-18(9-7-17)20(19)22(26)27)24-14-12-23(13-15-24)11-10-16-4-2-1-3-5-16/h1-5,17-20H,6-15H2,(H,26,27)/t17?,18?,19-,20-/m0/s1. The molecule has 1 aliphatic heterocycles.